The van der Waals surface area contributed by atoms with Gasteiger partial charge in [0.2, 0.25) is 10.0 Å². The fourth-order valence-electron chi connectivity index (χ4n) is 2.09. The Morgan fingerprint density at radius 3 is 2.60 bits per heavy atom. The number of halogens is 1. The molecule has 2 rings (SSSR count). The van der Waals surface area contributed by atoms with Crippen LogP contribution in [0.25, 0.3) is 0 Å². The van der Waals surface area contributed by atoms with Crippen LogP contribution in [0.3, 0.4) is 0 Å². The summed E-state index contributed by atoms with van der Waals surface area (Å²) in [5.74, 6) is -0.191. The number of hydrogen-bond donors (Lipinski definition) is 1. The molecule has 2 unspecified atom stereocenters. The lowest BCUT2D eigenvalue weighted by atomic mass is 10.2. The van der Waals surface area contributed by atoms with Crippen molar-refractivity contribution in [1.29, 1.82) is 0 Å². The molecule has 0 bridgehead atoms. The van der Waals surface area contributed by atoms with Gasteiger partial charge in [0.05, 0.1) is 10.5 Å². The van der Waals surface area contributed by atoms with Crippen molar-refractivity contribution in [1.82, 2.24) is 4.31 Å². The summed E-state index contributed by atoms with van der Waals surface area (Å²) in [5, 5.41) is 9.05. The SMILES string of the molecule is CC1CC1CN(C)S(=O)(=O)c1ccc(Br)c(C(=O)O)c1. The first-order valence-electron chi connectivity index (χ1n) is 6.22. The average Bonchev–Trinajstić information content (AvgIpc) is 3.04. The maximum Gasteiger partial charge on any atom is 0.336 e. The molecule has 110 valence electrons. The van der Waals surface area contributed by atoms with E-state index in [1.165, 1.54) is 29.6 Å². The Hall–Kier alpha value is -0.920. The number of benzene rings is 1. The molecule has 1 saturated carbocycles. The van der Waals surface area contributed by atoms with Crippen LogP contribution < -0.4 is 0 Å². The van der Waals surface area contributed by atoms with E-state index in [9.17, 15) is 13.2 Å². The molecular formula is C13H16BrNO4S. The van der Waals surface area contributed by atoms with Gasteiger partial charge in [-0.05, 0) is 52.4 Å². The summed E-state index contributed by atoms with van der Waals surface area (Å²) in [6, 6.07) is 4.05. The van der Waals surface area contributed by atoms with Crippen molar-refractivity contribution in [3.05, 3.63) is 28.2 Å². The molecule has 0 spiro atoms. The first-order chi connectivity index (χ1) is 9.23. The molecule has 1 fully saturated rings. The highest BCUT2D eigenvalue weighted by atomic mass is 79.9. The predicted molar refractivity (Wildman–Crippen MR) is 78.2 cm³/mol. The lowest BCUT2D eigenvalue weighted by Crippen LogP contribution is -2.29. The third-order valence-electron chi connectivity index (χ3n) is 3.64. The number of aromatic carboxylic acids is 1. The van der Waals surface area contributed by atoms with Gasteiger partial charge >= 0.3 is 5.97 Å². The quantitative estimate of drug-likeness (QED) is 0.873. The van der Waals surface area contributed by atoms with E-state index in [1.807, 2.05) is 0 Å². The largest absolute Gasteiger partial charge is 0.478 e. The van der Waals surface area contributed by atoms with Crippen LogP contribution in [0.1, 0.15) is 23.7 Å². The van der Waals surface area contributed by atoms with E-state index in [0.717, 1.165) is 6.42 Å². The summed E-state index contributed by atoms with van der Waals surface area (Å²) in [7, 11) is -2.11. The lowest BCUT2D eigenvalue weighted by molar-refractivity contribution is 0.0695. The van der Waals surface area contributed by atoms with E-state index >= 15 is 0 Å². The molecule has 20 heavy (non-hydrogen) atoms. The number of sulfonamides is 1. The zero-order valence-electron chi connectivity index (χ0n) is 11.2. The van der Waals surface area contributed by atoms with Crippen LogP contribution in [0.2, 0.25) is 0 Å². The minimum atomic E-state index is -3.64. The Labute approximate surface area is 126 Å². The maximum atomic E-state index is 12.4. The number of carboxylic acids is 1. The number of carboxylic acid groups (broad SMARTS) is 1. The zero-order valence-corrected chi connectivity index (χ0v) is 13.6. The molecule has 0 saturated heterocycles. The summed E-state index contributed by atoms with van der Waals surface area (Å²) in [6.45, 7) is 2.56. The van der Waals surface area contributed by atoms with Gasteiger partial charge in [-0.1, -0.05) is 6.92 Å². The van der Waals surface area contributed by atoms with Gasteiger partial charge in [0, 0.05) is 18.1 Å². The van der Waals surface area contributed by atoms with E-state index in [2.05, 4.69) is 22.9 Å². The van der Waals surface area contributed by atoms with Crippen LogP contribution in [0.15, 0.2) is 27.6 Å². The smallest absolute Gasteiger partial charge is 0.336 e. The molecule has 2 atom stereocenters. The molecule has 1 aliphatic carbocycles. The zero-order chi connectivity index (χ0) is 15.1. The fraction of sp³-hybridized carbons (Fsp3) is 0.462. The van der Waals surface area contributed by atoms with Crippen molar-refractivity contribution in [3.8, 4) is 0 Å². The van der Waals surface area contributed by atoms with Crippen LogP contribution in [-0.4, -0.2) is 37.4 Å². The van der Waals surface area contributed by atoms with Crippen molar-refractivity contribution < 1.29 is 18.3 Å². The second kappa shape index (κ2) is 5.46. The monoisotopic (exact) mass is 361 g/mol. The van der Waals surface area contributed by atoms with Crippen LogP contribution >= 0.6 is 15.9 Å². The van der Waals surface area contributed by atoms with Gasteiger partial charge < -0.3 is 5.11 Å². The molecule has 0 amide bonds. The molecule has 1 aliphatic rings. The second-order valence-electron chi connectivity index (χ2n) is 5.21. The average molecular weight is 362 g/mol. The van der Waals surface area contributed by atoms with E-state index in [-0.39, 0.29) is 10.5 Å². The van der Waals surface area contributed by atoms with Crippen molar-refractivity contribution in [3.63, 3.8) is 0 Å². The molecule has 5 nitrogen and oxygen atoms in total. The van der Waals surface area contributed by atoms with Gasteiger partial charge in [-0.25, -0.2) is 17.5 Å². The van der Waals surface area contributed by atoms with Crippen LogP contribution in [0.5, 0.6) is 0 Å². The fourth-order valence-corrected chi connectivity index (χ4v) is 3.76. The Morgan fingerprint density at radius 2 is 2.10 bits per heavy atom. The van der Waals surface area contributed by atoms with Crippen molar-refractivity contribution in [2.24, 2.45) is 11.8 Å². The molecule has 1 aromatic rings. The predicted octanol–water partition coefficient (Wildman–Crippen LogP) is 2.42. The van der Waals surface area contributed by atoms with Crippen LogP contribution in [-0.2, 0) is 10.0 Å². The maximum absolute atomic E-state index is 12.4. The number of nitrogens with zero attached hydrogens (tertiary/aromatic N) is 1. The summed E-state index contributed by atoms with van der Waals surface area (Å²) in [4.78, 5) is 11.1. The van der Waals surface area contributed by atoms with Gasteiger partial charge in [0.1, 0.15) is 0 Å². The van der Waals surface area contributed by atoms with E-state index in [0.29, 0.717) is 22.9 Å². The molecular weight excluding hydrogens is 346 g/mol. The van der Waals surface area contributed by atoms with Crippen LogP contribution in [0, 0.1) is 11.8 Å². The highest BCUT2D eigenvalue weighted by Crippen LogP contribution is 2.38. The highest BCUT2D eigenvalue weighted by molar-refractivity contribution is 9.10. The number of hydrogen-bond acceptors (Lipinski definition) is 3. The standard InChI is InChI=1S/C13H16BrNO4S/c1-8-5-9(8)7-15(2)20(18,19)10-3-4-12(14)11(6-10)13(16)17/h3-4,6,8-9H,5,7H2,1-2H3,(H,16,17). The normalized spacial score (nSPS) is 22.0. The van der Waals surface area contributed by atoms with Gasteiger partial charge in [-0.2, -0.15) is 0 Å². The van der Waals surface area contributed by atoms with E-state index < -0.39 is 16.0 Å². The Balaban J connectivity index is 2.29. The number of rotatable bonds is 5. The molecule has 0 radical (unpaired) electrons. The van der Waals surface area contributed by atoms with E-state index in [4.69, 9.17) is 5.11 Å². The molecule has 1 N–H and O–H groups in total. The third-order valence-corrected chi connectivity index (χ3v) is 6.16. The van der Waals surface area contributed by atoms with Crippen LogP contribution in [0.4, 0.5) is 0 Å². The molecule has 0 heterocycles. The Kier molecular flexibility index (Phi) is 4.22. The van der Waals surface area contributed by atoms with Gasteiger partial charge in [0.25, 0.3) is 0 Å². The second-order valence-corrected chi connectivity index (χ2v) is 8.10. The topological polar surface area (TPSA) is 74.7 Å². The first kappa shape index (κ1) is 15.5. The highest BCUT2D eigenvalue weighted by Gasteiger charge is 2.36. The van der Waals surface area contributed by atoms with Gasteiger partial charge in [-0.3, -0.25) is 0 Å². The third kappa shape index (κ3) is 3.05. The van der Waals surface area contributed by atoms with Gasteiger partial charge in [-0.15, -0.1) is 0 Å². The molecule has 0 aliphatic heterocycles. The minimum absolute atomic E-state index is 0.00824. The summed E-state index contributed by atoms with van der Waals surface area (Å²) < 4.78 is 26.5. The summed E-state index contributed by atoms with van der Waals surface area (Å²) in [6.07, 6.45) is 1.04. The van der Waals surface area contributed by atoms with Crippen molar-refractivity contribution in [2.45, 2.75) is 18.2 Å². The molecule has 0 aromatic heterocycles. The lowest BCUT2D eigenvalue weighted by Gasteiger charge is -2.17. The Bertz CT molecular complexity index is 644. The summed E-state index contributed by atoms with van der Waals surface area (Å²) >= 11 is 3.10. The Morgan fingerprint density at radius 1 is 1.50 bits per heavy atom. The van der Waals surface area contributed by atoms with Crippen molar-refractivity contribution in [2.75, 3.05) is 13.6 Å². The van der Waals surface area contributed by atoms with Crippen molar-refractivity contribution >= 4 is 31.9 Å². The van der Waals surface area contributed by atoms with Gasteiger partial charge in [0.15, 0.2) is 0 Å². The van der Waals surface area contributed by atoms with E-state index in [1.54, 1.807) is 0 Å². The summed E-state index contributed by atoms with van der Waals surface area (Å²) in [5.41, 5.74) is -0.0562. The molecule has 1 aromatic carbocycles. The minimum Gasteiger partial charge on any atom is -0.478 e. The first-order valence-corrected chi connectivity index (χ1v) is 8.46. The number of carbonyl (C=O) groups is 1. The molecule has 7 heteroatoms.